The first-order chi connectivity index (χ1) is 12.0. The fraction of sp³-hybridized carbons (Fsp3) is 0.263. The van der Waals surface area contributed by atoms with E-state index >= 15 is 0 Å². The summed E-state index contributed by atoms with van der Waals surface area (Å²) < 4.78 is 0. The van der Waals surface area contributed by atoms with E-state index in [-0.39, 0.29) is 0 Å². The number of aliphatic hydroxyl groups excluding tert-OH is 6. The van der Waals surface area contributed by atoms with E-state index in [1.54, 1.807) is 30.3 Å². The van der Waals surface area contributed by atoms with Crippen LogP contribution in [0.25, 0.3) is 6.08 Å². The summed E-state index contributed by atoms with van der Waals surface area (Å²) in [5.74, 6) is -0.553. The molecule has 0 radical (unpaired) electrons. The van der Waals surface area contributed by atoms with E-state index in [9.17, 15) is 20.4 Å². The van der Waals surface area contributed by atoms with Crippen molar-refractivity contribution in [2.45, 2.75) is 24.4 Å². The van der Waals surface area contributed by atoms with E-state index in [1.165, 1.54) is 6.08 Å². The third kappa shape index (κ3) is 7.47. The zero-order valence-corrected chi connectivity index (χ0v) is 13.6. The van der Waals surface area contributed by atoms with Crippen molar-refractivity contribution in [1.82, 2.24) is 0 Å². The average Bonchev–Trinajstić information content (AvgIpc) is 2.68. The maximum atomic E-state index is 9.64. The molecule has 6 heteroatoms. The number of hydrogen-bond acceptors (Lipinski definition) is 6. The SMILES string of the molecule is OCC(O)C(O)C(O)C(O)C(O)=Cc1ccccc1.c1ccccc1. The van der Waals surface area contributed by atoms with Gasteiger partial charge in [-0.15, -0.1) is 0 Å². The molecule has 4 unspecified atom stereocenters. The molecule has 136 valence electrons. The Morgan fingerprint density at radius 3 is 1.64 bits per heavy atom. The Bertz CT molecular complexity index is 575. The minimum Gasteiger partial charge on any atom is -0.509 e. The lowest BCUT2D eigenvalue weighted by Crippen LogP contribution is -2.46. The second kappa shape index (κ2) is 11.4. The predicted molar refractivity (Wildman–Crippen MR) is 94.6 cm³/mol. The molecular formula is C19H24O6. The van der Waals surface area contributed by atoms with Crippen LogP contribution >= 0.6 is 0 Å². The summed E-state index contributed by atoms with van der Waals surface area (Å²) in [7, 11) is 0. The maximum absolute atomic E-state index is 9.64. The smallest absolute Gasteiger partial charge is 0.139 e. The fourth-order valence-electron chi connectivity index (χ4n) is 1.89. The van der Waals surface area contributed by atoms with Gasteiger partial charge in [-0.2, -0.15) is 0 Å². The van der Waals surface area contributed by atoms with Crippen molar-refractivity contribution in [2.24, 2.45) is 0 Å². The molecule has 25 heavy (non-hydrogen) atoms. The van der Waals surface area contributed by atoms with Crippen LogP contribution in [0.5, 0.6) is 0 Å². The Kier molecular flexibility index (Phi) is 9.46. The number of aliphatic hydroxyl groups is 6. The van der Waals surface area contributed by atoms with Crippen molar-refractivity contribution in [2.75, 3.05) is 6.61 Å². The van der Waals surface area contributed by atoms with E-state index in [1.807, 2.05) is 36.4 Å². The van der Waals surface area contributed by atoms with Crippen LogP contribution in [0.15, 0.2) is 72.5 Å². The molecule has 0 saturated carbocycles. The first kappa shape index (κ1) is 20.8. The van der Waals surface area contributed by atoms with Gasteiger partial charge in [0.05, 0.1) is 6.61 Å². The largest absolute Gasteiger partial charge is 0.509 e. The van der Waals surface area contributed by atoms with Gasteiger partial charge < -0.3 is 30.6 Å². The highest BCUT2D eigenvalue weighted by Crippen LogP contribution is 2.14. The highest BCUT2D eigenvalue weighted by molar-refractivity contribution is 5.51. The van der Waals surface area contributed by atoms with Gasteiger partial charge in [-0.25, -0.2) is 0 Å². The van der Waals surface area contributed by atoms with E-state index in [0.29, 0.717) is 5.56 Å². The van der Waals surface area contributed by atoms with Crippen LogP contribution < -0.4 is 0 Å². The maximum Gasteiger partial charge on any atom is 0.139 e. The molecule has 0 heterocycles. The third-order valence-corrected chi connectivity index (χ3v) is 3.34. The highest BCUT2D eigenvalue weighted by Gasteiger charge is 2.32. The standard InChI is InChI=1S/C13H18O6.C6H6/c14-7-10(16)12(18)13(19)11(17)9(15)6-8-4-2-1-3-5-8;1-2-4-6-5-3-1/h1-6,10-19H,7H2;1-6H. The zero-order valence-electron chi connectivity index (χ0n) is 13.6. The summed E-state index contributed by atoms with van der Waals surface area (Å²) in [5, 5.41) is 56.0. The van der Waals surface area contributed by atoms with Crippen LogP contribution in [0.3, 0.4) is 0 Å². The first-order valence-electron chi connectivity index (χ1n) is 7.76. The van der Waals surface area contributed by atoms with Crippen LogP contribution in [0.4, 0.5) is 0 Å². The van der Waals surface area contributed by atoms with Crippen molar-refractivity contribution in [3.63, 3.8) is 0 Å². The van der Waals surface area contributed by atoms with Crippen LogP contribution in [-0.4, -0.2) is 61.7 Å². The van der Waals surface area contributed by atoms with Gasteiger partial charge >= 0.3 is 0 Å². The molecule has 0 saturated heterocycles. The van der Waals surface area contributed by atoms with Crippen molar-refractivity contribution < 1.29 is 30.6 Å². The van der Waals surface area contributed by atoms with E-state index in [2.05, 4.69) is 0 Å². The van der Waals surface area contributed by atoms with Gasteiger partial charge in [0, 0.05) is 0 Å². The molecule has 0 aromatic heterocycles. The molecule has 4 atom stereocenters. The van der Waals surface area contributed by atoms with Gasteiger partial charge in [-0.05, 0) is 11.6 Å². The molecule has 2 aromatic rings. The van der Waals surface area contributed by atoms with Crippen molar-refractivity contribution in [3.8, 4) is 0 Å². The zero-order chi connectivity index (χ0) is 18.7. The summed E-state index contributed by atoms with van der Waals surface area (Å²) in [6.07, 6.45) is -5.73. The summed E-state index contributed by atoms with van der Waals surface area (Å²) in [6.45, 7) is -0.770. The molecule has 0 aliphatic heterocycles. The number of hydrogen-bond donors (Lipinski definition) is 6. The Labute approximate surface area is 146 Å². The topological polar surface area (TPSA) is 121 Å². The van der Waals surface area contributed by atoms with Crippen molar-refractivity contribution in [1.29, 1.82) is 0 Å². The van der Waals surface area contributed by atoms with Gasteiger partial charge in [-0.1, -0.05) is 66.7 Å². The summed E-state index contributed by atoms with van der Waals surface area (Å²) in [5.41, 5.74) is 0.600. The predicted octanol–water partition coefficient (Wildman–Crippen LogP) is 0.708. The van der Waals surface area contributed by atoms with E-state index < -0.39 is 36.8 Å². The normalized spacial score (nSPS) is 16.1. The summed E-state index contributed by atoms with van der Waals surface area (Å²) >= 11 is 0. The average molecular weight is 348 g/mol. The second-order valence-corrected chi connectivity index (χ2v) is 5.31. The summed E-state index contributed by atoms with van der Waals surface area (Å²) in [6, 6.07) is 20.6. The third-order valence-electron chi connectivity index (χ3n) is 3.34. The van der Waals surface area contributed by atoms with Crippen molar-refractivity contribution in [3.05, 3.63) is 78.1 Å². The van der Waals surface area contributed by atoms with Gasteiger partial charge in [0.25, 0.3) is 0 Å². The monoisotopic (exact) mass is 348 g/mol. The first-order valence-corrected chi connectivity index (χ1v) is 7.76. The van der Waals surface area contributed by atoms with Crippen molar-refractivity contribution >= 4 is 6.08 Å². The van der Waals surface area contributed by atoms with E-state index in [0.717, 1.165) is 0 Å². The molecule has 0 bridgehead atoms. The fourth-order valence-corrected chi connectivity index (χ4v) is 1.89. The minimum atomic E-state index is -1.82. The lowest BCUT2D eigenvalue weighted by atomic mass is 10.0. The van der Waals surface area contributed by atoms with Gasteiger partial charge in [-0.3, -0.25) is 0 Å². The molecule has 0 fully saturated rings. The van der Waals surface area contributed by atoms with Gasteiger partial charge in [0.15, 0.2) is 0 Å². The molecule has 0 aliphatic carbocycles. The molecule has 0 spiro atoms. The number of benzene rings is 2. The molecule has 0 aliphatic rings. The van der Waals surface area contributed by atoms with Crippen LogP contribution in [-0.2, 0) is 0 Å². The number of rotatable bonds is 6. The Morgan fingerprint density at radius 1 is 0.760 bits per heavy atom. The molecule has 6 nitrogen and oxygen atoms in total. The second-order valence-electron chi connectivity index (χ2n) is 5.31. The quantitative estimate of drug-likeness (QED) is 0.428. The Morgan fingerprint density at radius 2 is 1.20 bits per heavy atom. The van der Waals surface area contributed by atoms with Gasteiger partial charge in [0.2, 0.25) is 0 Å². The summed E-state index contributed by atoms with van der Waals surface area (Å²) in [4.78, 5) is 0. The minimum absolute atomic E-state index is 0.553. The Balaban J connectivity index is 0.000000435. The molecular weight excluding hydrogens is 324 g/mol. The lowest BCUT2D eigenvalue weighted by molar-refractivity contribution is -0.112. The van der Waals surface area contributed by atoms with Crippen LogP contribution in [0.1, 0.15) is 5.56 Å². The lowest BCUT2D eigenvalue weighted by Gasteiger charge is -2.25. The van der Waals surface area contributed by atoms with Crippen LogP contribution in [0.2, 0.25) is 0 Å². The molecule has 6 N–H and O–H groups in total. The Hall–Kier alpha value is -2.22. The molecule has 2 aromatic carbocycles. The van der Waals surface area contributed by atoms with Crippen LogP contribution in [0, 0.1) is 0 Å². The molecule has 0 amide bonds. The molecule has 2 rings (SSSR count). The van der Waals surface area contributed by atoms with E-state index in [4.69, 9.17) is 10.2 Å². The van der Waals surface area contributed by atoms with Gasteiger partial charge in [0.1, 0.15) is 30.2 Å². The highest BCUT2D eigenvalue weighted by atomic mass is 16.4.